The van der Waals surface area contributed by atoms with E-state index in [1.807, 2.05) is 36.4 Å². The van der Waals surface area contributed by atoms with E-state index < -0.39 is 17.7 Å². The molecule has 0 saturated carbocycles. The first-order valence-corrected chi connectivity index (χ1v) is 6.82. The van der Waals surface area contributed by atoms with E-state index in [0.717, 1.165) is 22.4 Å². The van der Waals surface area contributed by atoms with Crippen LogP contribution in [0.3, 0.4) is 0 Å². The van der Waals surface area contributed by atoms with Gasteiger partial charge in [0.1, 0.15) is 11.6 Å². The Hall–Kier alpha value is -2.26. The third-order valence-corrected chi connectivity index (χ3v) is 3.63. The second-order valence-electron chi connectivity index (χ2n) is 5.16. The van der Waals surface area contributed by atoms with Gasteiger partial charge in [0.15, 0.2) is 0 Å². The van der Waals surface area contributed by atoms with Crippen molar-refractivity contribution < 1.29 is 8.78 Å². The topological polar surface area (TPSA) is 26.0 Å². The van der Waals surface area contributed by atoms with Gasteiger partial charge in [-0.05, 0) is 28.8 Å². The summed E-state index contributed by atoms with van der Waals surface area (Å²) in [5.74, 6) is -1.18. The second kappa shape index (κ2) is 5.62. The van der Waals surface area contributed by atoms with Gasteiger partial charge in [0.05, 0.1) is 0 Å². The van der Waals surface area contributed by atoms with Crippen molar-refractivity contribution in [1.82, 2.24) is 0 Å². The molecule has 0 fully saturated rings. The fourth-order valence-corrected chi connectivity index (χ4v) is 2.53. The maximum absolute atomic E-state index is 13.7. The first-order valence-electron chi connectivity index (χ1n) is 6.82. The van der Waals surface area contributed by atoms with Gasteiger partial charge < -0.3 is 5.73 Å². The molecule has 0 aromatic heterocycles. The van der Waals surface area contributed by atoms with Crippen molar-refractivity contribution in [1.29, 1.82) is 0 Å². The number of hydrogen-bond donors (Lipinski definition) is 1. The van der Waals surface area contributed by atoms with E-state index in [4.69, 9.17) is 5.73 Å². The predicted molar refractivity (Wildman–Crippen MR) is 80.9 cm³/mol. The van der Waals surface area contributed by atoms with Crippen molar-refractivity contribution in [2.45, 2.75) is 12.5 Å². The second-order valence-corrected chi connectivity index (χ2v) is 5.16. The molecule has 0 aliphatic heterocycles. The van der Waals surface area contributed by atoms with Gasteiger partial charge in [0.2, 0.25) is 0 Å². The summed E-state index contributed by atoms with van der Waals surface area (Å²) >= 11 is 0. The lowest BCUT2D eigenvalue weighted by molar-refractivity contribution is 0.554. The Morgan fingerprint density at radius 3 is 2.38 bits per heavy atom. The Kier molecular flexibility index (Phi) is 3.67. The summed E-state index contributed by atoms with van der Waals surface area (Å²) in [6.45, 7) is 0. The van der Waals surface area contributed by atoms with Gasteiger partial charge in [0, 0.05) is 17.7 Å². The maximum atomic E-state index is 13.7. The molecule has 1 unspecified atom stereocenters. The zero-order chi connectivity index (χ0) is 14.8. The average molecular weight is 283 g/mol. The summed E-state index contributed by atoms with van der Waals surface area (Å²) in [5.41, 5.74) is 7.43. The van der Waals surface area contributed by atoms with Gasteiger partial charge in [-0.1, -0.05) is 48.5 Å². The molecule has 0 heterocycles. The summed E-state index contributed by atoms with van der Waals surface area (Å²) in [7, 11) is 0. The van der Waals surface area contributed by atoms with Crippen molar-refractivity contribution in [2.24, 2.45) is 5.73 Å². The zero-order valence-electron chi connectivity index (χ0n) is 11.4. The minimum atomic E-state index is -0.594. The van der Waals surface area contributed by atoms with Crippen LogP contribution >= 0.6 is 0 Å². The van der Waals surface area contributed by atoms with Gasteiger partial charge in [-0.2, -0.15) is 0 Å². The van der Waals surface area contributed by atoms with Gasteiger partial charge in [-0.15, -0.1) is 0 Å². The molecular formula is C18H15F2N. The van der Waals surface area contributed by atoms with Gasteiger partial charge in [-0.25, -0.2) is 8.78 Å². The smallest absolute Gasteiger partial charge is 0.130 e. The SMILES string of the molecule is NC(Cc1ccc2ccccc2c1)c1ccc(F)cc1F. The minimum Gasteiger partial charge on any atom is -0.324 e. The molecule has 2 N–H and O–H groups in total. The minimum absolute atomic E-state index is 0.338. The molecule has 3 aromatic carbocycles. The molecule has 21 heavy (non-hydrogen) atoms. The predicted octanol–water partition coefficient (Wildman–Crippen LogP) is 4.36. The lowest BCUT2D eigenvalue weighted by Gasteiger charge is -2.13. The highest BCUT2D eigenvalue weighted by molar-refractivity contribution is 5.83. The summed E-state index contributed by atoms with van der Waals surface area (Å²) in [6, 6.07) is 17.1. The highest BCUT2D eigenvalue weighted by Crippen LogP contribution is 2.22. The summed E-state index contributed by atoms with van der Waals surface area (Å²) in [5, 5.41) is 2.28. The van der Waals surface area contributed by atoms with Crippen LogP contribution in [0.5, 0.6) is 0 Å². The highest BCUT2D eigenvalue weighted by atomic mass is 19.1. The Morgan fingerprint density at radius 2 is 1.62 bits per heavy atom. The molecule has 3 heteroatoms. The molecule has 0 aliphatic rings. The largest absolute Gasteiger partial charge is 0.324 e. The normalized spacial score (nSPS) is 12.5. The van der Waals surface area contributed by atoms with E-state index >= 15 is 0 Å². The van der Waals surface area contributed by atoms with Crippen LogP contribution in [0.2, 0.25) is 0 Å². The highest BCUT2D eigenvalue weighted by Gasteiger charge is 2.13. The van der Waals surface area contributed by atoms with Crippen LogP contribution in [0, 0.1) is 11.6 Å². The van der Waals surface area contributed by atoms with Crippen LogP contribution in [0.4, 0.5) is 8.78 Å². The quantitative estimate of drug-likeness (QED) is 0.759. The molecule has 0 aliphatic carbocycles. The van der Waals surface area contributed by atoms with Crippen LogP contribution in [0.1, 0.15) is 17.2 Å². The number of fused-ring (bicyclic) bond motifs is 1. The summed E-state index contributed by atoms with van der Waals surface area (Å²) < 4.78 is 26.7. The van der Waals surface area contributed by atoms with Crippen molar-refractivity contribution in [2.75, 3.05) is 0 Å². The number of rotatable bonds is 3. The molecule has 106 valence electrons. The molecule has 0 amide bonds. The van der Waals surface area contributed by atoms with E-state index in [0.29, 0.717) is 12.0 Å². The number of hydrogen-bond acceptors (Lipinski definition) is 1. The monoisotopic (exact) mass is 283 g/mol. The fraction of sp³-hybridized carbons (Fsp3) is 0.111. The average Bonchev–Trinajstić information content (AvgIpc) is 2.47. The van der Waals surface area contributed by atoms with Crippen LogP contribution in [0.15, 0.2) is 60.7 Å². The Labute approximate surface area is 122 Å². The van der Waals surface area contributed by atoms with Crippen LogP contribution in [0.25, 0.3) is 10.8 Å². The molecule has 0 saturated heterocycles. The first kappa shape index (κ1) is 13.7. The zero-order valence-corrected chi connectivity index (χ0v) is 11.4. The van der Waals surface area contributed by atoms with Crippen molar-refractivity contribution in [3.8, 4) is 0 Å². The number of halogens is 2. The molecule has 3 rings (SSSR count). The molecule has 0 radical (unpaired) electrons. The lowest BCUT2D eigenvalue weighted by atomic mass is 9.97. The fourth-order valence-electron chi connectivity index (χ4n) is 2.53. The third kappa shape index (κ3) is 2.93. The van der Waals surface area contributed by atoms with E-state index in [9.17, 15) is 8.78 Å². The van der Waals surface area contributed by atoms with Gasteiger partial charge >= 0.3 is 0 Å². The Morgan fingerprint density at radius 1 is 0.857 bits per heavy atom. The molecule has 1 atom stereocenters. The van der Waals surface area contributed by atoms with E-state index in [-0.39, 0.29) is 0 Å². The van der Waals surface area contributed by atoms with Crippen LogP contribution in [-0.4, -0.2) is 0 Å². The molecule has 3 aromatic rings. The van der Waals surface area contributed by atoms with Gasteiger partial charge in [0.25, 0.3) is 0 Å². The third-order valence-electron chi connectivity index (χ3n) is 3.63. The van der Waals surface area contributed by atoms with Crippen molar-refractivity contribution in [3.63, 3.8) is 0 Å². The summed E-state index contributed by atoms with van der Waals surface area (Å²) in [4.78, 5) is 0. The van der Waals surface area contributed by atoms with Crippen molar-refractivity contribution >= 4 is 10.8 Å². The first-order chi connectivity index (χ1) is 10.1. The molecule has 0 bridgehead atoms. The van der Waals surface area contributed by atoms with Crippen molar-refractivity contribution in [3.05, 3.63) is 83.4 Å². The molecule has 0 spiro atoms. The molecular weight excluding hydrogens is 268 g/mol. The lowest BCUT2D eigenvalue weighted by Crippen LogP contribution is -2.15. The number of nitrogens with two attached hydrogens (primary N) is 1. The van der Waals surface area contributed by atoms with Crippen LogP contribution < -0.4 is 5.73 Å². The Balaban J connectivity index is 1.87. The number of benzene rings is 3. The van der Waals surface area contributed by atoms with Gasteiger partial charge in [-0.3, -0.25) is 0 Å². The van der Waals surface area contributed by atoms with E-state index in [2.05, 4.69) is 6.07 Å². The standard InChI is InChI=1S/C18H15F2N/c19-15-7-8-16(17(20)11-15)18(21)10-12-5-6-13-3-1-2-4-14(13)9-12/h1-9,11,18H,10,21H2. The maximum Gasteiger partial charge on any atom is 0.130 e. The van der Waals surface area contributed by atoms with Crippen LogP contribution in [-0.2, 0) is 6.42 Å². The van der Waals surface area contributed by atoms with E-state index in [1.165, 1.54) is 12.1 Å². The molecule has 1 nitrogen and oxygen atoms in total. The van der Waals surface area contributed by atoms with E-state index in [1.54, 1.807) is 0 Å². The summed E-state index contributed by atoms with van der Waals surface area (Å²) in [6.07, 6.45) is 0.507. The Bertz CT molecular complexity index is 783.